The van der Waals surface area contributed by atoms with E-state index in [1.165, 1.54) is 0 Å². The number of carbonyl (C=O) groups is 1. The molecule has 3 rings (SSSR count). The Kier molecular flexibility index (Phi) is 2.33. The number of fused-ring (bicyclic) bond motifs is 1. The van der Waals surface area contributed by atoms with Crippen LogP contribution in [0.3, 0.4) is 0 Å². The van der Waals surface area contributed by atoms with Gasteiger partial charge in [0.15, 0.2) is 0 Å². The standard InChI is InChI=1S/C12H13N3O2/c16-12(17)10-2-1-3-11-14-9(7-15(10)11)8-4-5-13-6-8/h1-3,7-8,13H,4-6H2,(H,16,17). The van der Waals surface area contributed by atoms with Gasteiger partial charge in [-0.05, 0) is 25.1 Å². The van der Waals surface area contributed by atoms with Gasteiger partial charge >= 0.3 is 5.97 Å². The topological polar surface area (TPSA) is 66.6 Å². The highest BCUT2D eigenvalue weighted by Crippen LogP contribution is 2.22. The van der Waals surface area contributed by atoms with Crippen molar-refractivity contribution in [3.63, 3.8) is 0 Å². The highest BCUT2D eigenvalue weighted by molar-refractivity contribution is 5.86. The molecule has 1 aliphatic rings. The van der Waals surface area contributed by atoms with Crippen LogP contribution < -0.4 is 5.32 Å². The van der Waals surface area contributed by atoms with Crippen molar-refractivity contribution in [3.8, 4) is 0 Å². The van der Waals surface area contributed by atoms with E-state index in [2.05, 4.69) is 10.3 Å². The molecule has 0 amide bonds. The van der Waals surface area contributed by atoms with Crippen LogP contribution in [0.5, 0.6) is 0 Å². The summed E-state index contributed by atoms with van der Waals surface area (Å²) in [6.07, 6.45) is 2.91. The molecular weight excluding hydrogens is 218 g/mol. The molecule has 3 heterocycles. The highest BCUT2D eigenvalue weighted by atomic mass is 16.4. The van der Waals surface area contributed by atoms with E-state index in [4.69, 9.17) is 5.11 Å². The number of hydrogen-bond acceptors (Lipinski definition) is 3. The van der Waals surface area contributed by atoms with Gasteiger partial charge in [0.25, 0.3) is 0 Å². The van der Waals surface area contributed by atoms with Crippen molar-refractivity contribution < 1.29 is 9.90 Å². The van der Waals surface area contributed by atoms with Crippen LogP contribution in [0.4, 0.5) is 0 Å². The summed E-state index contributed by atoms with van der Waals surface area (Å²) < 4.78 is 1.65. The molecule has 0 radical (unpaired) electrons. The molecule has 1 saturated heterocycles. The van der Waals surface area contributed by atoms with Crippen LogP contribution in [0.15, 0.2) is 24.4 Å². The van der Waals surface area contributed by atoms with Crippen LogP contribution in [-0.4, -0.2) is 33.6 Å². The SMILES string of the molecule is O=C(O)c1cccc2nc(C3CCNC3)cn12. The zero-order valence-electron chi connectivity index (χ0n) is 9.26. The van der Waals surface area contributed by atoms with E-state index in [0.717, 1.165) is 25.2 Å². The first-order chi connectivity index (χ1) is 8.25. The number of pyridine rings is 1. The van der Waals surface area contributed by atoms with Crippen LogP contribution in [0.2, 0.25) is 0 Å². The van der Waals surface area contributed by atoms with Gasteiger partial charge < -0.3 is 10.4 Å². The second kappa shape index (κ2) is 3.85. The number of aromatic nitrogens is 2. The Morgan fingerprint density at radius 3 is 3.12 bits per heavy atom. The van der Waals surface area contributed by atoms with E-state index in [1.807, 2.05) is 12.3 Å². The quantitative estimate of drug-likeness (QED) is 0.812. The van der Waals surface area contributed by atoms with Gasteiger partial charge in [-0.15, -0.1) is 0 Å². The summed E-state index contributed by atoms with van der Waals surface area (Å²) in [6, 6.07) is 5.15. The number of carboxylic acids is 1. The number of imidazole rings is 1. The molecule has 0 saturated carbocycles. The summed E-state index contributed by atoms with van der Waals surface area (Å²) in [4.78, 5) is 15.6. The zero-order chi connectivity index (χ0) is 11.8. The minimum atomic E-state index is -0.927. The zero-order valence-corrected chi connectivity index (χ0v) is 9.26. The first-order valence-corrected chi connectivity index (χ1v) is 5.68. The van der Waals surface area contributed by atoms with Gasteiger partial charge in [0.2, 0.25) is 0 Å². The summed E-state index contributed by atoms with van der Waals surface area (Å²) in [5.41, 5.74) is 1.93. The Morgan fingerprint density at radius 2 is 2.41 bits per heavy atom. The lowest BCUT2D eigenvalue weighted by molar-refractivity contribution is 0.0689. The van der Waals surface area contributed by atoms with Crippen molar-refractivity contribution >= 4 is 11.6 Å². The molecule has 1 fully saturated rings. The molecule has 0 spiro atoms. The third kappa shape index (κ3) is 1.68. The fourth-order valence-corrected chi connectivity index (χ4v) is 2.31. The van der Waals surface area contributed by atoms with Crippen molar-refractivity contribution in [1.82, 2.24) is 14.7 Å². The lowest BCUT2D eigenvalue weighted by Gasteiger charge is -2.01. The van der Waals surface area contributed by atoms with Gasteiger partial charge in [0.1, 0.15) is 11.3 Å². The Morgan fingerprint density at radius 1 is 1.53 bits per heavy atom. The smallest absolute Gasteiger partial charge is 0.352 e. The maximum Gasteiger partial charge on any atom is 0.352 e. The predicted octanol–water partition coefficient (Wildman–Crippen LogP) is 1.11. The van der Waals surface area contributed by atoms with Gasteiger partial charge in [-0.2, -0.15) is 0 Å². The monoisotopic (exact) mass is 231 g/mol. The lowest BCUT2D eigenvalue weighted by atomic mass is 10.1. The molecule has 1 atom stereocenters. The van der Waals surface area contributed by atoms with E-state index in [9.17, 15) is 4.79 Å². The third-order valence-electron chi connectivity index (χ3n) is 3.21. The van der Waals surface area contributed by atoms with Crippen LogP contribution in [0.1, 0.15) is 28.5 Å². The Labute approximate surface area is 98.1 Å². The Bertz CT molecular complexity index is 570. The Balaban J connectivity index is 2.11. The fraction of sp³-hybridized carbons (Fsp3) is 0.333. The molecule has 5 heteroatoms. The van der Waals surface area contributed by atoms with E-state index < -0.39 is 5.97 Å². The average Bonchev–Trinajstić information content (AvgIpc) is 2.96. The molecule has 2 aromatic heterocycles. The highest BCUT2D eigenvalue weighted by Gasteiger charge is 2.20. The second-order valence-corrected chi connectivity index (χ2v) is 4.30. The van der Waals surface area contributed by atoms with Gasteiger partial charge in [-0.3, -0.25) is 4.40 Å². The molecule has 0 bridgehead atoms. The van der Waals surface area contributed by atoms with Crippen molar-refractivity contribution in [1.29, 1.82) is 0 Å². The molecule has 0 aliphatic carbocycles. The van der Waals surface area contributed by atoms with Gasteiger partial charge in [-0.1, -0.05) is 6.07 Å². The molecule has 2 N–H and O–H groups in total. The molecule has 0 aromatic carbocycles. The minimum absolute atomic E-state index is 0.257. The predicted molar refractivity (Wildman–Crippen MR) is 62.4 cm³/mol. The van der Waals surface area contributed by atoms with Gasteiger partial charge in [-0.25, -0.2) is 9.78 Å². The van der Waals surface area contributed by atoms with Crippen molar-refractivity contribution in [2.75, 3.05) is 13.1 Å². The lowest BCUT2D eigenvalue weighted by Crippen LogP contribution is -2.08. The van der Waals surface area contributed by atoms with E-state index in [0.29, 0.717) is 11.6 Å². The largest absolute Gasteiger partial charge is 0.477 e. The van der Waals surface area contributed by atoms with Crippen molar-refractivity contribution in [2.24, 2.45) is 0 Å². The summed E-state index contributed by atoms with van der Waals surface area (Å²) in [5, 5.41) is 12.4. The number of hydrogen-bond donors (Lipinski definition) is 2. The van der Waals surface area contributed by atoms with E-state index in [-0.39, 0.29) is 5.69 Å². The maximum absolute atomic E-state index is 11.1. The molecule has 2 aromatic rings. The number of aromatic carboxylic acids is 1. The number of carboxylic acid groups (broad SMARTS) is 1. The summed E-state index contributed by atoms with van der Waals surface area (Å²) in [5.74, 6) is -0.527. The molecular formula is C12H13N3O2. The number of nitrogens with zero attached hydrogens (tertiary/aromatic N) is 2. The molecule has 5 nitrogen and oxygen atoms in total. The molecule has 88 valence electrons. The molecule has 1 aliphatic heterocycles. The van der Waals surface area contributed by atoms with Crippen molar-refractivity contribution in [2.45, 2.75) is 12.3 Å². The number of rotatable bonds is 2. The van der Waals surface area contributed by atoms with Crippen LogP contribution in [0, 0.1) is 0 Å². The van der Waals surface area contributed by atoms with Crippen molar-refractivity contribution in [3.05, 3.63) is 35.8 Å². The summed E-state index contributed by atoms with van der Waals surface area (Å²) in [7, 11) is 0. The van der Waals surface area contributed by atoms with Crippen LogP contribution >= 0.6 is 0 Å². The normalized spacial score (nSPS) is 19.9. The Hall–Kier alpha value is -1.88. The number of nitrogens with one attached hydrogen (secondary N) is 1. The van der Waals surface area contributed by atoms with Crippen LogP contribution in [0.25, 0.3) is 5.65 Å². The van der Waals surface area contributed by atoms with Crippen LogP contribution in [-0.2, 0) is 0 Å². The fourth-order valence-electron chi connectivity index (χ4n) is 2.31. The van der Waals surface area contributed by atoms with E-state index >= 15 is 0 Å². The minimum Gasteiger partial charge on any atom is -0.477 e. The molecule has 17 heavy (non-hydrogen) atoms. The van der Waals surface area contributed by atoms with Gasteiger partial charge in [0, 0.05) is 18.7 Å². The van der Waals surface area contributed by atoms with Gasteiger partial charge in [0.05, 0.1) is 5.69 Å². The average molecular weight is 231 g/mol. The van der Waals surface area contributed by atoms with E-state index in [1.54, 1.807) is 16.5 Å². The maximum atomic E-state index is 11.1. The summed E-state index contributed by atoms with van der Waals surface area (Å²) >= 11 is 0. The third-order valence-corrected chi connectivity index (χ3v) is 3.21. The first-order valence-electron chi connectivity index (χ1n) is 5.68. The first kappa shape index (κ1) is 10.3. The molecule has 1 unspecified atom stereocenters. The summed E-state index contributed by atoms with van der Waals surface area (Å²) in [6.45, 7) is 1.93. The second-order valence-electron chi connectivity index (χ2n) is 4.30.